The van der Waals surface area contributed by atoms with E-state index in [1.807, 2.05) is 0 Å². The van der Waals surface area contributed by atoms with Crippen LogP contribution in [0.15, 0.2) is 16.6 Å². The van der Waals surface area contributed by atoms with Crippen molar-refractivity contribution in [2.75, 3.05) is 12.8 Å². The van der Waals surface area contributed by atoms with Crippen LogP contribution in [0.2, 0.25) is 0 Å². The second-order valence-corrected chi connectivity index (χ2v) is 6.50. The molecule has 0 heterocycles. The van der Waals surface area contributed by atoms with Gasteiger partial charge in [0.2, 0.25) is 0 Å². The minimum Gasteiger partial charge on any atom is -0.469 e. The number of esters is 1. The fourth-order valence-electron chi connectivity index (χ4n) is 3.21. The Bertz CT molecular complexity index is 513. The fraction of sp³-hybridized carbons (Fsp3) is 0.562. The minimum atomic E-state index is -0.486. The van der Waals surface area contributed by atoms with Crippen molar-refractivity contribution in [2.24, 2.45) is 5.92 Å². The molecular formula is C16H21BrFNO2. The van der Waals surface area contributed by atoms with Gasteiger partial charge in [0.15, 0.2) is 0 Å². The first-order chi connectivity index (χ1) is 10.0. The molecule has 0 radical (unpaired) electrons. The first kappa shape index (κ1) is 16.3. The van der Waals surface area contributed by atoms with Crippen LogP contribution in [0.5, 0.6) is 0 Å². The van der Waals surface area contributed by atoms with Crippen molar-refractivity contribution in [3.8, 4) is 0 Å². The average molecular weight is 358 g/mol. The lowest BCUT2D eigenvalue weighted by atomic mass is 9.80. The SMILES string of the molecule is COC(=O)C(c1cc(F)cc(Br)c1N)C1CCCCCC1. The van der Waals surface area contributed by atoms with Gasteiger partial charge in [-0.2, -0.15) is 0 Å². The van der Waals surface area contributed by atoms with E-state index < -0.39 is 11.7 Å². The molecule has 1 atom stereocenters. The van der Waals surface area contributed by atoms with Gasteiger partial charge in [0.1, 0.15) is 5.82 Å². The number of anilines is 1. The molecule has 1 aliphatic carbocycles. The number of carbonyl (C=O) groups is 1. The van der Waals surface area contributed by atoms with Gasteiger partial charge in [-0.1, -0.05) is 25.7 Å². The zero-order valence-electron chi connectivity index (χ0n) is 12.2. The third-order valence-corrected chi connectivity index (χ3v) is 4.94. The van der Waals surface area contributed by atoms with E-state index in [9.17, 15) is 9.18 Å². The van der Waals surface area contributed by atoms with E-state index in [1.165, 1.54) is 32.1 Å². The highest BCUT2D eigenvalue weighted by Crippen LogP contribution is 2.40. The summed E-state index contributed by atoms with van der Waals surface area (Å²) in [5.41, 5.74) is 7.04. The molecule has 21 heavy (non-hydrogen) atoms. The highest BCUT2D eigenvalue weighted by molar-refractivity contribution is 9.10. The monoisotopic (exact) mass is 357 g/mol. The van der Waals surface area contributed by atoms with Gasteiger partial charge in [0, 0.05) is 4.47 Å². The number of nitrogens with two attached hydrogens (primary N) is 1. The summed E-state index contributed by atoms with van der Waals surface area (Å²) in [6.45, 7) is 0. The normalized spacial score (nSPS) is 18.0. The Hall–Kier alpha value is -1.10. The third kappa shape index (κ3) is 3.76. The molecule has 0 aliphatic heterocycles. The van der Waals surface area contributed by atoms with Crippen molar-refractivity contribution in [1.29, 1.82) is 0 Å². The number of ether oxygens (including phenoxy) is 1. The van der Waals surface area contributed by atoms with Crippen LogP contribution in [-0.2, 0) is 9.53 Å². The van der Waals surface area contributed by atoms with Gasteiger partial charge in [0.05, 0.1) is 18.7 Å². The van der Waals surface area contributed by atoms with E-state index in [2.05, 4.69) is 15.9 Å². The van der Waals surface area contributed by atoms with Crippen LogP contribution in [0.3, 0.4) is 0 Å². The van der Waals surface area contributed by atoms with Gasteiger partial charge in [-0.25, -0.2) is 4.39 Å². The van der Waals surface area contributed by atoms with Crippen molar-refractivity contribution in [2.45, 2.75) is 44.4 Å². The van der Waals surface area contributed by atoms with Crippen molar-refractivity contribution >= 4 is 27.6 Å². The van der Waals surface area contributed by atoms with E-state index in [4.69, 9.17) is 10.5 Å². The Morgan fingerprint density at radius 2 is 1.95 bits per heavy atom. The molecule has 1 unspecified atom stereocenters. The second-order valence-electron chi connectivity index (χ2n) is 5.64. The Kier molecular flexibility index (Phi) is 5.62. The summed E-state index contributed by atoms with van der Waals surface area (Å²) in [6.07, 6.45) is 6.46. The second kappa shape index (κ2) is 7.25. The smallest absolute Gasteiger partial charge is 0.313 e. The quantitative estimate of drug-likeness (QED) is 0.495. The molecule has 2 rings (SSSR count). The molecule has 3 nitrogen and oxygen atoms in total. The zero-order chi connectivity index (χ0) is 15.4. The third-order valence-electron chi connectivity index (χ3n) is 4.29. The standard InChI is InChI=1S/C16H21BrFNO2/c1-21-16(20)14(10-6-4-2-3-5-7-10)12-8-11(18)9-13(17)15(12)19/h8-10,14H,2-7,19H2,1H3. The Balaban J connectivity index is 2.42. The van der Waals surface area contributed by atoms with Crippen LogP contribution in [0.1, 0.15) is 50.0 Å². The van der Waals surface area contributed by atoms with Crippen molar-refractivity contribution in [3.63, 3.8) is 0 Å². The summed E-state index contributed by atoms with van der Waals surface area (Å²) in [7, 11) is 1.37. The molecule has 0 saturated heterocycles. The number of rotatable bonds is 3. The summed E-state index contributed by atoms with van der Waals surface area (Å²) < 4.78 is 19.2. The molecule has 1 saturated carbocycles. The molecule has 0 aromatic heterocycles. The molecule has 116 valence electrons. The van der Waals surface area contributed by atoms with E-state index in [0.717, 1.165) is 25.7 Å². The molecule has 1 aliphatic rings. The number of hydrogen-bond acceptors (Lipinski definition) is 3. The van der Waals surface area contributed by atoms with Crippen LogP contribution in [-0.4, -0.2) is 13.1 Å². The maximum atomic E-state index is 13.7. The number of carbonyl (C=O) groups excluding carboxylic acids is 1. The number of nitrogen functional groups attached to an aromatic ring is 1. The molecule has 0 amide bonds. The summed E-state index contributed by atoms with van der Waals surface area (Å²) in [5.74, 6) is -1.05. The van der Waals surface area contributed by atoms with Gasteiger partial charge >= 0.3 is 5.97 Å². The Morgan fingerprint density at radius 1 is 1.33 bits per heavy atom. The van der Waals surface area contributed by atoms with Crippen LogP contribution < -0.4 is 5.73 Å². The van der Waals surface area contributed by atoms with Crippen molar-refractivity contribution < 1.29 is 13.9 Å². The number of methoxy groups -OCH3 is 1. The topological polar surface area (TPSA) is 52.3 Å². The van der Waals surface area contributed by atoms with Gasteiger partial charge in [-0.05, 0) is 52.4 Å². The van der Waals surface area contributed by atoms with Gasteiger partial charge in [-0.3, -0.25) is 4.79 Å². The predicted octanol–water partition coefficient (Wildman–Crippen LogP) is 4.40. The highest BCUT2D eigenvalue weighted by atomic mass is 79.9. The van der Waals surface area contributed by atoms with Crippen molar-refractivity contribution in [1.82, 2.24) is 0 Å². The summed E-state index contributed by atoms with van der Waals surface area (Å²) in [6, 6.07) is 2.69. The summed E-state index contributed by atoms with van der Waals surface area (Å²) in [5, 5.41) is 0. The highest BCUT2D eigenvalue weighted by Gasteiger charge is 2.33. The molecule has 2 N–H and O–H groups in total. The van der Waals surface area contributed by atoms with E-state index >= 15 is 0 Å². The average Bonchev–Trinajstić information content (AvgIpc) is 2.73. The first-order valence-electron chi connectivity index (χ1n) is 7.37. The molecule has 5 heteroatoms. The lowest BCUT2D eigenvalue weighted by Crippen LogP contribution is -2.24. The van der Waals surface area contributed by atoms with Crippen molar-refractivity contribution in [3.05, 3.63) is 28.0 Å². The molecular weight excluding hydrogens is 337 g/mol. The molecule has 1 aromatic rings. The van der Waals surface area contributed by atoms with Gasteiger partial charge in [-0.15, -0.1) is 0 Å². The number of halogens is 2. The number of hydrogen-bond donors (Lipinski definition) is 1. The van der Waals surface area contributed by atoms with Gasteiger partial charge < -0.3 is 10.5 Å². The van der Waals surface area contributed by atoms with E-state index in [-0.39, 0.29) is 11.9 Å². The van der Waals surface area contributed by atoms with E-state index in [0.29, 0.717) is 15.7 Å². The van der Waals surface area contributed by atoms with Crippen LogP contribution in [0.4, 0.5) is 10.1 Å². The Morgan fingerprint density at radius 3 is 2.52 bits per heavy atom. The first-order valence-corrected chi connectivity index (χ1v) is 8.16. The van der Waals surface area contributed by atoms with E-state index in [1.54, 1.807) is 0 Å². The van der Waals surface area contributed by atoms with Crippen LogP contribution >= 0.6 is 15.9 Å². The van der Waals surface area contributed by atoms with Crippen LogP contribution in [0.25, 0.3) is 0 Å². The fourth-order valence-corrected chi connectivity index (χ4v) is 3.65. The van der Waals surface area contributed by atoms with Crippen LogP contribution in [0, 0.1) is 11.7 Å². The predicted molar refractivity (Wildman–Crippen MR) is 84.5 cm³/mol. The lowest BCUT2D eigenvalue weighted by molar-refractivity contribution is -0.144. The van der Waals surface area contributed by atoms with Gasteiger partial charge in [0.25, 0.3) is 0 Å². The number of benzene rings is 1. The molecule has 0 spiro atoms. The largest absolute Gasteiger partial charge is 0.469 e. The molecule has 0 bridgehead atoms. The summed E-state index contributed by atoms with van der Waals surface area (Å²) >= 11 is 3.26. The Labute approximate surface area is 133 Å². The molecule has 1 aromatic carbocycles. The zero-order valence-corrected chi connectivity index (χ0v) is 13.8. The minimum absolute atomic E-state index is 0.163. The molecule has 1 fully saturated rings. The maximum absolute atomic E-state index is 13.7. The maximum Gasteiger partial charge on any atom is 0.313 e. The lowest BCUT2D eigenvalue weighted by Gasteiger charge is -2.26. The summed E-state index contributed by atoms with van der Waals surface area (Å²) in [4.78, 5) is 12.3.